The molecule has 8 aromatic heterocycles. The second-order valence-electron chi connectivity index (χ2n) is 22.3. The maximum Gasteiger partial charge on any atom is 0.391 e. The number of hydrazine groups is 1. The lowest BCUT2D eigenvalue weighted by molar-refractivity contribution is -0.149. The molecular weight excluding hydrogens is 1420 g/mol. The van der Waals surface area contributed by atoms with Crippen LogP contribution in [-0.2, 0) is 45.0 Å². The van der Waals surface area contributed by atoms with Gasteiger partial charge in [-0.1, -0.05) is 69.6 Å². The summed E-state index contributed by atoms with van der Waals surface area (Å²) in [5, 5.41) is 26.6. The van der Waals surface area contributed by atoms with Crippen molar-refractivity contribution in [1.29, 1.82) is 0 Å². The van der Waals surface area contributed by atoms with E-state index in [0.717, 1.165) is 126 Å². The van der Waals surface area contributed by atoms with Gasteiger partial charge in [0.2, 0.25) is 0 Å². The summed E-state index contributed by atoms with van der Waals surface area (Å²) < 4.78 is 14.1. The fourth-order valence-electron chi connectivity index (χ4n) is 10.4. The summed E-state index contributed by atoms with van der Waals surface area (Å²) in [4.78, 5) is 79.7. The quantitative estimate of drug-likeness (QED) is 0.0171. The van der Waals surface area contributed by atoms with E-state index >= 15 is 0 Å². The topological polar surface area (TPSA) is 290 Å². The summed E-state index contributed by atoms with van der Waals surface area (Å²) in [7, 11) is 11.6. The molecule has 520 valence electrons. The summed E-state index contributed by atoms with van der Waals surface area (Å²) in [5.74, 6) is 3.07. The van der Waals surface area contributed by atoms with Crippen molar-refractivity contribution in [2.45, 2.75) is 13.8 Å². The number of nitrogens with zero attached hydrogens (tertiary/aromatic N) is 11. The van der Waals surface area contributed by atoms with Crippen LogP contribution in [0.4, 0.5) is 5.82 Å². The van der Waals surface area contributed by atoms with Crippen molar-refractivity contribution in [1.82, 2.24) is 74.8 Å². The second-order valence-corrected chi connectivity index (χ2v) is 25.2. The number of hydrogen-bond acceptors (Lipinski definition) is 18. The number of aryl methyl sites for hydroxylation is 3. The maximum absolute atomic E-state index is 11.8. The van der Waals surface area contributed by atoms with Crippen LogP contribution < -0.4 is 27.0 Å². The number of carbonyl (C=O) groups excluding carboxylic acids is 4. The zero-order valence-corrected chi connectivity index (χ0v) is 60.5. The van der Waals surface area contributed by atoms with Gasteiger partial charge in [-0.15, -0.1) is 0 Å². The van der Waals surface area contributed by atoms with Gasteiger partial charge in [0.15, 0.2) is 16.5 Å². The normalized spacial score (nSPS) is 12.9. The van der Waals surface area contributed by atoms with E-state index in [1.54, 1.807) is 73.7 Å². The summed E-state index contributed by atoms with van der Waals surface area (Å²) in [6.07, 6.45) is 9.18. The Bertz CT molecular complexity index is 5040. The minimum Gasteiger partial charge on any atom is -0.460 e. The molecule has 0 amide bonds. The molecule has 99 heavy (non-hydrogen) atoms. The lowest BCUT2D eigenvalue weighted by atomic mass is 10.1. The molecule has 2 aliphatic rings. The number of halogens is 7. The number of Topliss-reactive ketones (excluding diaryl/α,β-unsaturated/α-hetero) is 1. The van der Waals surface area contributed by atoms with E-state index in [1.807, 2.05) is 98.0 Å². The third-order valence-corrected chi connectivity index (χ3v) is 16.6. The number of nitrogens with two attached hydrogens (primary N) is 1. The Morgan fingerprint density at radius 1 is 0.535 bits per heavy atom. The van der Waals surface area contributed by atoms with Crippen molar-refractivity contribution in [2.75, 3.05) is 91.6 Å². The minimum atomic E-state index is -1.08. The number of piperazine rings is 2. The van der Waals surface area contributed by atoms with Crippen LogP contribution in [0.5, 0.6) is 0 Å². The minimum absolute atomic E-state index is 0.174. The number of anilines is 1. The number of esters is 2. The number of hydrogen-bond donors (Lipinski definition) is 6. The van der Waals surface area contributed by atoms with Gasteiger partial charge in [-0.05, 0) is 144 Å². The van der Waals surface area contributed by atoms with Gasteiger partial charge >= 0.3 is 17.2 Å². The van der Waals surface area contributed by atoms with Crippen LogP contribution in [0.2, 0.25) is 30.3 Å². The van der Waals surface area contributed by atoms with Gasteiger partial charge in [-0.2, -0.15) is 15.3 Å². The number of pyridine rings is 3. The third-order valence-electron chi connectivity index (χ3n) is 15.0. The Labute approximate surface area is 603 Å². The number of carbonyl (C=O) groups is 4. The Morgan fingerprint density at radius 2 is 1.00 bits per heavy atom. The van der Waals surface area contributed by atoms with E-state index in [0.29, 0.717) is 36.6 Å². The van der Waals surface area contributed by atoms with Gasteiger partial charge < -0.3 is 44.4 Å². The van der Waals surface area contributed by atoms with Crippen LogP contribution in [0, 0.1) is 0 Å². The van der Waals surface area contributed by atoms with Crippen molar-refractivity contribution >= 4 is 197 Å². The molecule has 7 N–H and O–H groups in total. The average molecular weight is 1490 g/mol. The van der Waals surface area contributed by atoms with Crippen LogP contribution >= 0.6 is 81.2 Å². The molecule has 0 unspecified atom stereocenters. The molecule has 2 saturated heterocycles. The molecule has 2 aliphatic heterocycles. The highest BCUT2D eigenvalue weighted by Crippen LogP contribution is 2.34. The number of aromatic nitrogens is 11. The largest absolute Gasteiger partial charge is 0.460 e. The van der Waals surface area contributed by atoms with E-state index in [1.165, 1.54) is 19.3 Å². The lowest BCUT2D eigenvalue weighted by Gasteiger charge is -2.33. The standard InChI is InChI=1S/C16H18ClN5.C12H10ClNO3.C11H7Cl2N3.C11H8ClN3O.C8H6ClN.C5H12N2.C4H5ClO3.CH6N2/c1-20-5-7-22(8-6-20)16-15-13(10-21(2)19-15)12-9-11(17)3-4-14(12)18-16;1-2-17-12(16)11(15)9-6-14-10-4-3-7(13)5-8(9)10;1-16-5-8-7-4-6(12)2-3-9(7)14-11(13)10(8)15-16;1-15-5-8-7-4-6(12)2-3-9(7)13-11(16)10(8)14-15;9-7-1-2-8-6(5-7)3-4-10-8;1-7-4-2-6-3-5-7;1-2-8-4(7)3(5)6;1-3-2/h3-4,9-10H,5-8H2,1-2H3;3-6,14H,2H2,1H3;2-5H,1H3;2-5H,1H3,(H,13,16);1-5,10H;6H,2-5H2,1H3;2H2,1H3;3H,2H2,1H3. The Balaban J connectivity index is 0.000000150. The SMILES string of the molecule is CCOC(=O)C(=O)Cl.CCOC(=O)C(=O)c1c[nH]c2ccc(Cl)cc12.CN1CCN(c2nc3ccc(Cl)cc3c3cn(C)nc23)CC1.CN1CCNCC1.CNN.Clc1ccc2[nH]ccc2c1.Cn1cc2c(n1)c(=O)[nH]c1ccc(Cl)cc12.Cn1cc2c(n1)c(Cl)nc1ccc(Cl)cc12. The Hall–Kier alpha value is -8.47. The van der Waals surface area contributed by atoms with Crippen molar-refractivity contribution < 1.29 is 28.7 Å². The molecule has 10 heterocycles. The third kappa shape index (κ3) is 20.4. The number of ketones is 1. The maximum atomic E-state index is 11.8. The van der Waals surface area contributed by atoms with E-state index in [2.05, 4.69) is 96.3 Å². The van der Waals surface area contributed by atoms with E-state index < -0.39 is 23.0 Å². The van der Waals surface area contributed by atoms with Crippen molar-refractivity contribution in [3.63, 3.8) is 0 Å². The molecule has 2 fully saturated rings. The summed E-state index contributed by atoms with van der Waals surface area (Å²) >= 11 is 40.5. The highest BCUT2D eigenvalue weighted by molar-refractivity contribution is 6.80. The second kappa shape index (κ2) is 36.0. The molecular formula is C68H72Cl7N17O7. The van der Waals surface area contributed by atoms with Gasteiger partial charge in [-0.3, -0.25) is 39.7 Å². The monoisotopic (exact) mass is 1480 g/mol. The smallest absolute Gasteiger partial charge is 0.391 e. The number of nitrogens with one attached hydrogen (secondary N) is 5. The van der Waals surface area contributed by atoms with Gasteiger partial charge in [0, 0.05) is 189 Å². The van der Waals surface area contributed by atoms with E-state index in [-0.39, 0.29) is 24.3 Å². The van der Waals surface area contributed by atoms with Crippen LogP contribution in [-0.4, -0.2) is 174 Å². The number of rotatable bonds is 6. The number of benzene rings is 5. The van der Waals surface area contributed by atoms with Crippen molar-refractivity contribution in [2.24, 2.45) is 27.0 Å². The molecule has 24 nitrogen and oxygen atoms in total. The molecule has 0 spiro atoms. The predicted octanol–water partition coefficient (Wildman–Crippen LogP) is 12.3. The van der Waals surface area contributed by atoms with Crippen LogP contribution in [0.15, 0.2) is 133 Å². The molecule has 5 aromatic carbocycles. The molecule has 0 saturated carbocycles. The Kier molecular flexibility index (Phi) is 27.8. The van der Waals surface area contributed by atoms with Crippen molar-refractivity contribution in [3.8, 4) is 0 Å². The first-order valence-electron chi connectivity index (χ1n) is 30.8. The fourth-order valence-corrected chi connectivity index (χ4v) is 11.5. The van der Waals surface area contributed by atoms with Gasteiger partial charge in [0.1, 0.15) is 11.0 Å². The Morgan fingerprint density at radius 3 is 1.55 bits per heavy atom. The first-order valence-corrected chi connectivity index (χ1v) is 33.5. The summed E-state index contributed by atoms with van der Waals surface area (Å²) in [6.45, 7) is 12.4. The van der Waals surface area contributed by atoms with Crippen LogP contribution in [0.1, 0.15) is 24.2 Å². The number of ether oxygens (including phenoxy) is 2. The van der Waals surface area contributed by atoms with E-state index in [9.17, 15) is 24.0 Å². The van der Waals surface area contributed by atoms with E-state index in [4.69, 9.17) is 86.2 Å². The summed E-state index contributed by atoms with van der Waals surface area (Å²) in [5.41, 5.74) is 8.92. The molecule has 0 aliphatic carbocycles. The lowest BCUT2D eigenvalue weighted by Crippen LogP contribution is -2.44. The highest BCUT2D eigenvalue weighted by atomic mass is 35.5. The molecule has 0 atom stereocenters. The first kappa shape index (κ1) is 76.3. The number of fused-ring (bicyclic) bond motifs is 11. The van der Waals surface area contributed by atoms with Gasteiger partial charge in [-0.25, -0.2) is 19.6 Å². The number of likely N-dealkylation sites (N-methyl/N-ethyl adjacent to an activating group) is 2. The molecule has 31 heteroatoms. The first-order chi connectivity index (χ1) is 47.4. The highest BCUT2D eigenvalue weighted by Gasteiger charge is 2.23. The molecule has 0 radical (unpaired) electrons. The predicted molar refractivity (Wildman–Crippen MR) is 399 cm³/mol. The van der Waals surface area contributed by atoms with Crippen molar-refractivity contribution in [3.05, 3.63) is 174 Å². The molecule has 0 bridgehead atoms. The van der Waals surface area contributed by atoms with Crippen LogP contribution in [0.3, 0.4) is 0 Å². The van der Waals surface area contributed by atoms with Crippen LogP contribution in [0.25, 0.3) is 87.2 Å². The van der Waals surface area contributed by atoms with Gasteiger partial charge in [0.25, 0.3) is 11.3 Å². The summed E-state index contributed by atoms with van der Waals surface area (Å²) in [6, 6.07) is 29.7. The fraction of sp³-hybridized carbons (Fsp3) is 0.265. The van der Waals surface area contributed by atoms with Gasteiger partial charge in [0.05, 0.1) is 29.8 Å². The number of aromatic amines is 3. The number of H-pyrrole nitrogens is 3. The zero-order chi connectivity index (χ0) is 71.6. The zero-order valence-electron chi connectivity index (χ0n) is 55.2. The average Bonchev–Trinajstić information content (AvgIpc) is 1.71. The molecule has 15 rings (SSSR count). The molecule has 13 aromatic rings.